The van der Waals surface area contributed by atoms with Crippen LogP contribution in [0.25, 0.3) is 0 Å². The Morgan fingerprint density at radius 2 is 2.00 bits per heavy atom. The van der Waals surface area contributed by atoms with E-state index in [4.69, 9.17) is 11.6 Å². The fourth-order valence-corrected chi connectivity index (χ4v) is 2.97. The normalized spacial score (nSPS) is 16.6. The van der Waals surface area contributed by atoms with Gasteiger partial charge in [-0.15, -0.1) is 0 Å². The summed E-state index contributed by atoms with van der Waals surface area (Å²) >= 11 is 5.96. The molecule has 2 heterocycles. The van der Waals surface area contributed by atoms with Crippen molar-refractivity contribution in [1.29, 1.82) is 0 Å². The zero-order valence-electron chi connectivity index (χ0n) is 13.1. The molecule has 1 aliphatic heterocycles. The Labute approximate surface area is 141 Å². The minimum Gasteiger partial charge on any atom is -0.377 e. The molecule has 0 saturated carbocycles. The molecule has 0 aliphatic carbocycles. The molecular formula is C19H19ClN2O. The minimum absolute atomic E-state index is 0.608. The maximum absolute atomic E-state index is 10.7. The Morgan fingerprint density at radius 3 is 2.70 bits per heavy atom. The van der Waals surface area contributed by atoms with Gasteiger partial charge in [0.25, 0.3) is 0 Å². The second kappa shape index (κ2) is 6.62. The molecule has 4 heteroatoms. The summed E-state index contributed by atoms with van der Waals surface area (Å²) in [6.45, 7) is 3.55. The highest BCUT2D eigenvalue weighted by molar-refractivity contribution is 6.30. The van der Waals surface area contributed by atoms with Crippen molar-refractivity contribution < 1.29 is 5.11 Å². The van der Waals surface area contributed by atoms with Gasteiger partial charge in [-0.2, -0.15) is 0 Å². The third kappa shape index (κ3) is 3.85. The standard InChI is InChI=1S/C19H19ClN2O/c1-15-4-3-11-21-18(15)22-12-9-19(23,10-13-22)8-7-16-5-2-6-17(20)14-16/h2-6,11,14,23H,9-10,12-13H2,1H3. The third-order valence-electron chi connectivity index (χ3n) is 4.14. The number of rotatable bonds is 1. The SMILES string of the molecule is Cc1cccnc1N1CCC(O)(C#Cc2cccc(Cl)c2)CC1. The Bertz CT molecular complexity index is 755. The minimum atomic E-state index is -0.943. The first kappa shape index (κ1) is 15.9. The van der Waals surface area contributed by atoms with Gasteiger partial charge in [-0.1, -0.05) is 35.6 Å². The number of halogens is 1. The van der Waals surface area contributed by atoms with Crippen LogP contribution >= 0.6 is 11.6 Å². The molecule has 1 N–H and O–H groups in total. The molecule has 1 aromatic heterocycles. The molecule has 1 aliphatic rings. The van der Waals surface area contributed by atoms with Gasteiger partial charge in [0, 0.05) is 42.7 Å². The maximum atomic E-state index is 10.7. The molecule has 1 aromatic carbocycles. The number of aryl methyl sites for hydroxylation is 1. The molecule has 3 rings (SSSR count). The van der Waals surface area contributed by atoms with Crippen molar-refractivity contribution in [2.45, 2.75) is 25.4 Å². The Morgan fingerprint density at radius 1 is 1.22 bits per heavy atom. The lowest BCUT2D eigenvalue weighted by Gasteiger charge is -2.36. The molecule has 0 bridgehead atoms. The van der Waals surface area contributed by atoms with Gasteiger partial charge in [-0.25, -0.2) is 4.98 Å². The number of hydrogen-bond donors (Lipinski definition) is 1. The molecule has 2 aromatic rings. The number of aromatic nitrogens is 1. The number of anilines is 1. The van der Waals surface area contributed by atoms with E-state index in [0.29, 0.717) is 17.9 Å². The summed E-state index contributed by atoms with van der Waals surface area (Å²) in [5.74, 6) is 7.07. The monoisotopic (exact) mass is 326 g/mol. The average molecular weight is 327 g/mol. The highest BCUT2D eigenvalue weighted by atomic mass is 35.5. The average Bonchev–Trinajstić information content (AvgIpc) is 2.55. The molecule has 1 saturated heterocycles. The van der Waals surface area contributed by atoms with E-state index < -0.39 is 5.60 Å². The lowest BCUT2D eigenvalue weighted by molar-refractivity contribution is 0.0744. The van der Waals surface area contributed by atoms with Crippen LogP contribution in [0.1, 0.15) is 24.0 Å². The summed E-state index contributed by atoms with van der Waals surface area (Å²) in [6.07, 6.45) is 3.02. The molecule has 0 radical (unpaired) electrons. The van der Waals surface area contributed by atoms with E-state index in [1.165, 1.54) is 0 Å². The first-order valence-corrected chi connectivity index (χ1v) is 8.11. The number of nitrogens with zero attached hydrogens (tertiary/aromatic N) is 2. The molecule has 0 unspecified atom stereocenters. The van der Waals surface area contributed by atoms with E-state index in [2.05, 4.69) is 34.7 Å². The fraction of sp³-hybridized carbons (Fsp3) is 0.316. The lowest BCUT2D eigenvalue weighted by Crippen LogP contribution is -2.44. The van der Waals surface area contributed by atoms with Crippen LogP contribution in [0, 0.1) is 18.8 Å². The smallest absolute Gasteiger partial charge is 0.131 e. The van der Waals surface area contributed by atoms with Crippen LogP contribution in [0.15, 0.2) is 42.6 Å². The van der Waals surface area contributed by atoms with E-state index in [0.717, 1.165) is 30.0 Å². The van der Waals surface area contributed by atoms with Crippen molar-refractivity contribution in [3.8, 4) is 11.8 Å². The van der Waals surface area contributed by atoms with Crippen molar-refractivity contribution in [3.05, 3.63) is 58.7 Å². The van der Waals surface area contributed by atoms with Crippen LogP contribution in [0.4, 0.5) is 5.82 Å². The van der Waals surface area contributed by atoms with E-state index in [1.807, 2.05) is 36.5 Å². The predicted octanol–water partition coefficient (Wildman–Crippen LogP) is 3.43. The molecule has 0 spiro atoms. The fourth-order valence-electron chi connectivity index (χ4n) is 2.78. The second-order valence-electron chi connectivity index (χ2n) is 5.92. The van der Waals surface area contributed by atoms with Crippen molar-refractivity contribution in [2.75, 3.05) is 18.0 Å². The Hall–Kier alpha value is -2.02. The number of benzene rings is 1. The second-order valence-corrected chi connectivity index (χ2v) is 6.36. The van der Waals surface area contributed by atoms with Gasteiger partial charge in [0.15, 0.2) is 0 Å². The van der Waals surface area contributed by atoms with E-state index in [-0.39, 0.29) is 0 Å². The van der Waals surface area contributed by atoms with Crippen LogP contribution in [0.3, 0.4) is 0 Å². The largest absolute Gasteiger partial charge is 0.377 e. The van der Waals surface area contributed by atoms with Gasteiger partial charge in [-0.05, 0) is 36.8 Å². The van der Waals surface area contributed by atoms with Crippen LogP contribution in [-0.4, -0.2) is 28.8 Å². The molecule has 23 heavy (non-hydrogen) atoms. The van der Waals surface area contributed by atoms with E-state index >= 15 is 0 Å². The molecule has 118 valence electrons. The predicted molar refractivity (Wildman–Crippen MR) is 93.7 cm³/mol. The summed E-state index contributed by atoms with van der Waals surface area (Å²) < 4.78 is 0. The number of piperidine rings is 1. The summed E-state index contributed by atoms with van der Waals surface area (Å²) in [7, 11) is 0. The first-order chi connectivity index (χ1) is 11.1. The van der Waals surface area contributed by atoms with Crippen LogP contribution in [0.5, 0.6) is 0 Å². The van der Waals surface area contributed by atoms with Crippen molar-refractivity contribution in [3.63, 3.8) is 0 Å². The quantitative estimate of drug-likeness (QED) is 0.816. The van der Waals surface area contributed by atoms with Crippen LogP contribution < -0.4 is 4.90 Å². The molecular weight excluding hydrogens is 308 g/mol. The molecule has 0 amide bonds. The van der Waals surface area contributed by atoms with Crippen LogP contribution in [0.2, 0.25) is 5.02 Å². The third-order valence-corrected chi connectivity index (χ3v) is 4.37. The topological polar surface area (TPSA) is 36.4 Å². The van der Waals surface area contributed by atoms with E-state index in [1.54, 1.807) is 0 Å². The van der Waals surface area contributed by atoms with Gasteiger partial charge < -0.3 is 10.0 Å². The summed E-state index contributed by atoms with van der Waals surface area (Å²) in [6, 6.07) is 11.4. The van der Waals surface area contributed by atoms with Crippen molar-refractivity contribution in [2.24, 2.45) is 0 Å². The van der Waals surface area contributed by atoms with Crippen molar-refractivity contribution in [1.82, 2.24) is 4.98 Å². The Balaban J connectivity index is 1.70. The number of aliphatic hydroxyl groups is 1. The summed E-state index contributed by atoms with van der Waals surface area (Å²) in [5.41, 5.74) is 1.04. The van der Waals surface area contributed by atoms with Gasteiger partial charge >= 0.3 is 0 Å². The van der Waals surface area contributed by atoms with Gasteiger partial charge in [-0.3, -0.25) is 0 Å². The maximum Gasteiger partial charge on any atom is 0.131 e. The van der Waals surface area contributed by atoms with Gasteiger partial charge in [0.2, 0.25) is 0 Å². The Kier molecular flexibility index (Phi) is 4.56. The van der Waals surface area contributed by atoms with Crippen LogP contribution in [-0.2, 0) is 0 Å². The highest BCUT2D eigenvalue weighted by Crippen LogP contribution is 2.26. The number of hydrogen-bond acceptors (Lipinski definition) is 3. The summed E-state index contributed by atoms with van der Waals surface area (Å²) in [4.78, 5) is 6.66. The molecule has 0 atom stereocenters. The summed E-state index contributed by atoms with van der Waals surface area (Å²) in [5, 5.41) is 11.3. The van der Waals surface area contributed by atoms with Crippen molar-refractivity contribution >= 4 is 17.4 Å². The lowest BCUT2D eigenvalue weighted by atomic mass is 9.91. The van der Waals surface area contributed by atoms with Gasteiger partial charge in [0.1, 0.15) is 11.4 Å². The zero-order chi connectivity index (χ0) is 16.3. The van der Waals surface area contributed by atoms with Gasteiger partial charge in [0.05, 0.1) is 0 Å². The number of pyridine rings is 1. The highest BCUT2D eigenvalue weighted by Gasteiger charge is 2.31. The molecule has 1 fully saturated rings. The van der Waals surface area contributed by atoms with E-state index in [9.17, 15) is 5.11 Å². The molecule has 3 nitrogen and oxygen atoms in total. The first-order valence-electron chi connectivity index (χ1n) is 7.73. The zero-order valence-corrected chi connectivity index (χ0v) is 13.8.